The van der Waals surface area contributed by atoms with Crippen molar-refractivity contribution in [2.24, 2.45) is 0 Å². The smallest absolute Gasteiger partial charge is 0.376 e. The number of nitrogens with zero attached hydrogens (tertiary/aromatic N) is 2. The predicted octanol–water partition coefficient (Wildman–Crippen LogP) is 3.00. The Balaban J connectivity index is 1.96. The summed E-state index contributed by atoms with van der Waals surface area (Å²) in [4.78, 5) is 2.04. The van der Waals surface area contributed by atoms with Crippen LogP contribution in [0, 0.1) is 0 Å². The summed E-state index contributed by atoms with van der Waals surface area (Å²) >= 11 is 0. The zero-order valence-corrected chi connectivity index (χ0v) is 15.8. The molecule has 136 valence electrons. The second-order valence-electron chi connectivity index (χ2n) is 6.34. The van der Waals surface area contributed by atoms with E-state index in [4.69, 9.17) is 13.8 Å². The molecule has 0 aromatic heterocycles. The van der Waals surface area contributed by atoms with Gasteiger partial charge in [0.25, 0.3) is 0 Å². The molecule has 0 amide bonds. The number of ether oxygens (including phenoxy) is 1. The minimum absolute atomic E-state index is 0.0147. The van der Waals surface area contributed by atoms with E-state index in [9.17, 15) is 4.57 Å². The van der Waals surface area contributed by atoms with E-state index in [0.29, 0.717) is 13.2 Å². The second kappa shape index (κ2) is 9.66. The lowest BCUT2D eigenvalue weighted by Crippen LogP contribution is -2.29. The predicted molar refractivity (Wildman–Crippen MR) is 94.9 cm³/mol. The quantitative estimate of drug-likeness (QED) is 0.601. The van der Waals surface area contributed by atoms with Crippen LogP contribution in [0.3, 0.4) is 0 Å². The van der Waals surface area contributed by atoms with Gasteiger partial charge in [-0.2, -0.15) is 0 Å². The summed E-state index contributed by atoms with van der Waals surface area (Å²) < 4.78 is 32.0. The van der Waals surface area contributed by atoms with Gasteiger partial charge in [-0.15, -0.1) is 0 Å². The molecule has 0 saturated carbocycles. The molecule has 1 saturated heterocycles. The first kappa shape index (κ1) is 19.6. The average Bonchev–Trinajstić information content (AvgIpc) is 3.10. The van der Waals surface area contributed by atoms with Crippen LogP contribution in [0.1, 0.15) is 18.4 Å². The van der Waals surface area contributed by atoms with Crippen LogP contribution < -0.4 is 0 Å². The van der Waals surface area contributed by atoms with Gasteiger partial charge in [-0.3, -0.25) is 9.05 Å². The number of benzene rings is 1. The highest BCUT2D eigenvalue weighted by atomic mass is 31.2. The summed E-state index contributed by atoms with van der Waals surface area (Å²) in [7, 11) is 2.39. The van der Waals surface area contributed by atoms with E-state index in [0.717, 1.165) is 31.6 Å². The Bertz CT molecular complexity index is 521. The van der Waals surface area contributed by atoms with E-state index in [1.54, 1.807) is 11.7 Å². The molecule has 0 spiro atoms. The van der Waals surface area contributed by atoms with Crippen molar-refractivity contribution in [3.05, 3.63) is 35.9 Å². The number of hydrogen-bond donors (Lipinski definition) is 0. The van der Waals surface area contributed by atoms with E-state index in [-0.39, 0.29) is 12.7 Å². The van der Waals surface area contributed by atoms with E-state index >= 15 is 0 Å². The summed E-state index contributed by atoms with van der Waals surface area (Å²) in [5.74, 6) is 0. The first-order valence-electron chi connectivity index (χ1n) is 8.40. The van der Waals surface area contributed by atoms with Crippen molar-refractivity contribution in [2.45, 2.75) is 25.6 Å². The summed E-state index contributed by atoms with van der Waals surface area (Å²) in [6, 6.07) is 9.72. The summed E-state index contributed by atoms with van der Waals surface area (Å²) in [5, 5.41) is 0. The Hall–Kier alpha value is -0.750. The molecule has 24 heavy (non-hydrogen) atoms. The van der Waals surface area contributed by atoms with Crippen molar-refractivity contribution in [1.29, 1.82) is 0 Å². The second-order valence-corrected chi connectivity index (χ2v) is 8.48. The van der Waals surface area contributed by atoms with Crippen molar-refractivity contribution >= 4 is 7.75 Å². The molecule has 0 N–H and O–H groups in total. The van der Waals surface area contributed by atoms with Gasteiger partial charge in [0, 0.05) is 19.7 Å². The van der Waals surface area contributed by atoms with Gasteiger partial charge in [0.05, 0.1) is 19.3 Å². The fourth-order valence-corrected chi connectivity index (χ4v) is 3.86. The van der Waals surface area contributed by atoms with E-state index < -0.39 is 7.75 Å². The highest BCUT2D eigenvalue weighted by Crippen LogP contribution is 2.51. The van der Waals surface area contributed by atoms with Crippen molar-refractivity contribution < 1.29 is 18.3 Å². The van der Waals surface area contributed by atoms with Crippen LogP contribution in [0.4, 0.5) is 0 Å². The summed E-state index contributed by atoms with van der Waals surface area (Å²) in [6.45, 7) is 2.69. The number of hydrogen-bond acceptors (Lipinski definition) is 5. The third-order valence-electron chi connectivity index (χ3n) is 3.97. The fraction of sp³-hybridized carbons (Fsp3) is 0.647. The average molecular weight is 356 g/mol. The molecule has 2 unspecified atom stereocenters. The summed E-state index contributed by atoms with van der Waals surface area (Å²) in [5.41, 5.74) is 0.972. The molecule has 2 rings (SSSR count). The normalized spacial score (nSPS) is 20.6. The van der Waals surface area contributed by atoms with Crippen molar-refractivity contribution in [3.8, 4) is 0 Å². The molecule has 6 nitrogen and oxygen atoms in total. The van der Waals surface area contributed by atoms with Crippen molar-refractivity contribution in [3.63, 3.8) is 0 Å². The first-order valence-corrected chi connectivity index (χ1v) is 9.90. The van der Waals surface area contributed by atoms with Crippen LogP contribution in [-0.2, 0) is 25.0 Å². The lowest BCUT2D eigenvalue weighted by molar-refractivity contribution is 0.0510. The number of likely N-dealkylation sites (N-methyl/N-ethyl adjacent to an activating group) is 2. The molecule has 1 fully saturated rings. The highest BCUT2D eigenvalue weighted by molar-refractivity contribution is 7.51. The van der Waals surface area contributed by atoms with Gasteiger partial charge in [-0.25, -0.2) is 9.24 Å². The van der Waals surface area contributed by atoms with Gasteiger partial charge in [0.1, 0.15) is 0 Å². The third kappa shape index (κ3) is 6.28. The van der Waals surface area contributed by atoms with E-state index in [1.807, 2.05) is 49.3 Å². The zero-order chi connectivity index (χ0) is 17.4. The SMILES string of the molecule is CN(C)CCN(C)P(=O)(OCc1ccccc1)OCC1CCCO1. The molecular formula is C17H29N2O4P. The molecular weight excluding hydrogens is 327 g/mol. The zero-order valence-electron chi connectivity index (χ0n) is 14.9. The largest absolute Gasteiger partial charge is 0.408 e. The van der Waals surface area contributed by atoms with Crippen LogP contribution in [0.25, 0.3) is 0 Å². The highest BCUT2D eigenvalue weighted by Gasteiger charge is 2.32. The van der Waals surface area contributed by atoms with Gasteiger partial charge in [-0.05, 0) is 39.5 Å². The molecule has 1 aromatic rings. The Morgan fingerprint density at radius 1 is 1.17 bits per heavy atom. The lowest BCUT2D eigenvalue weighted by Gasteiger charge is -2.28. The van der Waals surface area contributed by atoms with Gasteiger partial charge in [-0.1, -0.05) is 30.3 Å². The minimum atomic E-state index is -3.36. The molecule has 1 heterocycles. The van der Waals surface area contributed by atoms with Crippen LogP contribution in [0.15, 0.2) is 30.3 Å². The van der Waals surface area contributed by atoms with Crippen LogP contribution in [-0.4, -0.2) is 63.1 Å². The fourth-order valence-electron chi connectivity index (χ4n) is 2.39. The third-order valence-corrected chi connectivity index (χ3v) is 5.94. The van der Waals surface area contributed by atoms with Crippen LogP contribution in [0.2, 0.25) is 0 Å². The minimum Gasteiger partial charge on any atom is -0.376 e. The van der Waals surface area contributed by atoms with Crippen molar-refractivity contribution in [1.82, 2.24) is 9.57 Å². The van der Waals surface area contributed by atoms with Crippen LogP contribution >= 0.6 is 7.75 Å². The van der Waals surface area contributed by atoms with Gasteiger partial charge in [0.15, 0.2) is 0 Å². The van der Waals surface area contributed by atoms with Gasteiger partial charge < -0.3 is 9.64 Å². The maximum Gasteiger partial charge on any atom is 0.408 e. The molecule has 7 heteroatoms. The Kier molecular flexibility index (Phi) is 7.88. The Morgan fingerprint density at radius 3 is 2.54 bits per heavy atom. The molecule has 1 aliphatic rings. The molecule has 0 radical (unpaired) electrons. The Morgan fingerprint density at radius 2 is 1.92 bits per heavy atom. The maximum atomic E-state index is 13.3. The molecule has 2 atom stereocenters. The molecule has 0 bridgehead atoms. The Labute approximate surface area is 145 Å². The first-order chi connectivity index (χ1) is 11.5. The van der Waals surface area contributed by atoms with Gasteiger partial charge in [0.2, 0.25) is 0 Å². The maximum absolute atomic E-state index is 13.3. The summed E-state index contributed by atoms with van der Waals surface area (Å²) in [6.07, 6.45) is 1.99. The molecule has 1 aromatic carbocycles. The van der Waals surface area contributed by atoms with E-state index in [2.05, 4.69) is 0 Å². The van der Waals surface area contributed by atoms with Gasteiger partial charge >= 0.3 is 7.75 Å². The van der Waals surface area contributed by atoms with Crippen molar-refractivity contribution in [2.75, 3.05) is 47.4 Å². The monoisotopic (exact) mass is 356 g/mol. The number of rotatable bonds is 10. The molecule has 1 aliphatic heterocycles. The lowest BCUT2D eigenvalue weighted by atomic mass is 10.2. The van der Waals surface area contributed by atoms with Crippen LogP contribution in [0.5, 0.6) is 0 Å². The standard InChI is InChI=1S/C17H29N2O4P/c1-18(2)11-12-19(3)24(20,23-15-17-10-7-13-21-17)22-14-16-8-5-4-6-9-16/h4-6,8-9,17H,7,10-15H2,1-3H3. The topological polar surface area (TPSA) is 51.2 Å². The molecule has 0 aliphatic carbocycles. The van der Waals surface area contributed by atoms with E-state index in [1.165, 1.54) is 0 Å².